The predicted octanol–water partition coefficient (Wildman–Crippen LogP) is 2.20. The molecule has 0 saturated carbocycles. The molecule has 0 radical (unpaired) electrons. The summed E-state index contributed by atoms with van der Waals surface area (Å²) in [4.78, 5) is 2.34. The van der Waals surface area contributed by atoms with E-state index in [0.29, 0.717) is 5.92 Å². The number of nitrogens with one attached hydrogen (secondary N) is 1. The van der Waals surface area contributed by atoms with Crippen molar-refractivity contribution < 1.29 is 4.74 Å². The van der Waals surface area contributed by atoms with E-state index in [1.165, 1.54) is 29.7 Å². The average Bonchev–Trinajstić information content (AvgIpc) is 3.05. The van der Waals surface area contributed by atoms with Gasteiger partial charge in [-0.3, -0.25) is 0 Å². The molecule has 126 valence electrons. The Morgan fingerprint density at radius 1 is 1.17 bits per heavy atom. The molecule has 4 rings (SSSR count). The Bertz CT molecular complexity index is 695. The number of nitrogens with zero attached hydrogens (tertiary/aromatic N) is 3. The lowest BCUT2D eigenvalue weighted by Gasteiger charge is -2.40. The first-order chi connectivity index (χ1) is 11.8. The number of hydrogen-bond donors (Lipinski definition) is 1. The molecule has 24 heavy (non-hydrogen) atoms. The van der Waals surface area contributed by atoms with Crippen LogP contribution in [0, 0.1) is 5.92 Å². The lowest BCUT2D eigenvalue weighted by molar-refractivity contribution is 0.381. The fourth-order valence-electron chi connectivity index (χ4n) is 3.52. The largest absolute Gasteiger partial charge is 0.497 e. The molecule has 1 N–H and O–H groups in total. The molecule has 0 amide bonds. The maximum absolute atomic E-state index is 5.18. The quantitative estimate of drug-likeness (QED) is 0.883. The Morgan fingerprint density at radius 3 is 2.79 bits per heavy atom. The van der Waals surface area contributed by atoms with Gasteiger partial charge in [-0.2, -0.15) is 5.10 Å². The Balaban J connectivity index is 1.22. The van der Waals surface area contributed by atoms with E-state index in [1.807, 2.05) is 12.1 Å². The van der Waals surface area contributed by atoms with Crippen LogP contribution in [0.4, 0.5) is 5.82 Å². The van der Waals surface area contributed by atoms with Gasteiger partial charge in [-0.25, -0.2) is 0 Å². The van der Waals surface area contributed by atoms with Crippen molar-refractivity contribution in [2.24, 2.45) is 5.92 Å². The number of rotatable bonds is 6. The van der Waals surface area contributed by atoms with E-state index in [2.05, 4.69) is 38.6 Å². The summed E-state index contributed by atoms with van der Waals surface area (Å²) in [5.74, 6) is 2.66. The van der Waals surface area contributed by atoms with Crippen LogP contribution < -0.4 is 15.0 Å². The van der Waals surface area contributed by atoms with Crippen LogP contribution in [0.1, 0.15) is 23.2 Å². The van der Waals surface area contributed by atoms with Crippen LogP contribution in [0.5, 0.6) is 5.75 Å². The molecule has 2 heterocycles. The number of methoxy groups -OCH3 is 1. The average molecular weight is 324 g/mol. The van der Waals surface area contributed by atoms with Crippen molar-refractivity contribution in [3.05, 3.63) is 47.2 Å². The van der Waals surface area contributed by atoms with Crippen molar-refractivity contribution in [2.45, 2.75) is 25.8 Å². The van der Waals surface area contributed by atoms with E-state index in [1.54, 1.807) is 7.11 Å². The highest BCUT2D eigenvalue weighted by Crippen LogP contribution is 2.26. The zero-order valence-corrected chi connectivity index (χ0v) is 14.2. The third kappa shape index (κ3) is 3.22. The van der Waals surface area contributed by atoms with Crippen LogP contribution >= 0.6 is 0 Å². The fraction of sp³-hybridized carbons (Fsp3) is 0.474. The molecule has 5 heteroatoms. The highest BCUT2D eigenvalue weighted by Gasteiger charge is 2.28. The summed E-state index contributed by atoms with van der Waals surface area (Å²) in [6.07, 6.45) is 3.49. The first kappa shape index (κ1) is 15.4. The van der Waals surface area contributed by atoms with Gasteiger partial charge < -0.3 is 15.0 Å². The number of aryl methyl sites for hydroxylation is 2. The van der Waals surface area contributed by atoms with Gasteiger partial charge in [0.15, 0.2) is 5.82 Å². The van der Waals surface area contributed by atoms with Crippen molar-refractivity contribution >= 4 is 5.82 Å². The molecule has 1 aliphatic carbocycles. The maximum Gasteiger partial charge on any atom is 0.151 e. The van der Waals surface area contributed by atoms with Crippen LogP contribution in [-0.4, -0.2) is 36.9 Å². The minimum absolute atomic E-state index is 0.693. The second kappa shape index (κ2) is 6.77. The van der Waals surface area contributed by atoms with Crippen molar-refractivity contribution in [1.29, 1.82) is 0 Å². The molecule has 1 saturated heterocycles. The minimum Gasteiger partial charge on any atom is -0.497 e. The van der Waals surface area contributed by atoms with Gasteiger partial charge in [0, 0.05) is 32.1 Å². The molecule has 0 atom stereocenters. The van der Waals surface area contributed by atoms with Gasteiger partial charge in [-0.1, -0.05) is 12.1 Å². The van der Waals surface area contributed by atoms with Crippen LogP contribution in [0.3, 0.4) is 0 Å². The standard InChI is InChI=1S/C19H24N4O/c1-24-17-7-5-14(6-8-17)10-20-11-15-12-23(13-15)19-9-16-3-2-4-18(16)21-22-19/h5-9,15,20H,2-4,10-13H2,1H3. The van der Waals surface area contributed by atoms with E-state index in [0.717, 1.165) is 44.2 Å². The van der Waals surface area contributed by atoms with Gasteiger partial charge in [0.25, 0.3) is 0 Å². The molecule has 0 spiro atoms. The summed E-state index contributed by atoms with van der Waals surface area (Å²) in [5, 5.41) is 12.3. The number of fused-ring (bicyclic) bond motifs is 1. The van der Waals surface area contributed by atoms with Gasteiger partial charge >= 0.3 is 0 Å². The Morgan fingerprint density at radius 2 is 2.00 bits per heavy atom. The van der Waals surface area contributed by atoms with Crippen LogP contribution in [-0.2, 0) is 19.4 Å². The Kier molecular flexibility index (Phi) is 4.34. The zero-order chi connectivity index (χ0) is 16.4. The summed E-state index contributed by atoms with van der Waals surface area (Å²) in [5.41, 5.74) is 3.90. The van der Waals surface area contributed by atoms with Crippen molar-refractivity contribution in [2.75, 3.05) is 31.6 Å². The molecule has 1 fully saturated rings. The van der Waals surface area contributed by atoms with E-state index >= 15 is 0 Å². The Hall–Kier alpha value is -2.14. The van der Waals surface area contributed by atoms with E-state index in [4.69, 9.17) is 4.74 Å². The Labute approximate surface area is 143 Å². The SMILES string of the molecule is COc1ccc(CNCC2CN(c3cc4c(nn3)CCC4)C2)cc1. The second-order valence-electron chi connectivity index (χ2n) is 6.78. The van der Waals surface area contributed by atoms with Gasteiger partial charge in [0.1, 0.15) is 5.75 Å². The van der Waals surface area contributed by atoms with Crippen LogP contribution in [0.25, 0.3) is 0 Å². The summed E-state index contributed by atoms with van der Waals surface area (Å²) >= 11 is 0. The molecule has 1 aliphatic heterocycles. The molecule has 2 aromatic rings. The molecule has 0 bridgehead atoms. The number of aromatic nitrogens is 2. The first-order valence-electron chi connectivity index (χ1n) is 8.76. The molecule has 0 unspecified atom stereocenters. The van der Waals surface area contributed by atoms with E-state index in [9.17, 15) is 0 Å². The van der Waals surface area contributed by atoms with Gasteiger partial charge in [-0.05, 0) is 48.6 Å². The van der Waals surface area contributed by atoms with E-state index in [-0.39, 0.29) is 0 Å². The molecule has 1 aromatic heterocycles. The highest BCUT2D eigenvalue weighted by atomic mass is 16.5. The number of anilines is 1. The van der Waals surface area contributed by atoms with Gasteiger partial charge in [-0.15, -0.1) is 5.10 Å². The smallest absolute Gasteiger partial charge is 0.151 e. The third-order valence-corrected chi connectivity index (χ3v) is 5.01. The molecular formula is C19H24N4O. The van der Waals surface area contributed by atoms with Crippen molar-refractivity contribution in [3.63, 3.8) is 0 Å². The molecular weight excluding hydrogens is 300 g/mol. The van der Waals surface area contributed by atoms with Gasteiger partial charge in [0.05, 0.1) is 12.8 Å². The topological polar surface area (TPSA) is 50.3 Å². The van der Waals surface area contributed by atoms with Crippen molar-refractivity contribution in [1.82, 2.24) is 15.5 Å². The lowest BCUT2D eigenvalue weighted by atomic mass is 10.00. The maximum atomic E-state index is 5.18. The second-order valence-corrected chi connectivity index (χ2v) is 6.78. The monoisotopic (exact) mass is 324 g/mol. The minimum atomic E-state index is 0.693. The number of ether oxygens (including phenoxy) is 1. The normalized spacial score (nSPS) is 16.8. The summed E-state index contributed by atoms with van der Waals surface area (Å²) in [7, 11) is 1.70. The molecule has 1 aromatic carbocycles. The lowest BCUT2D eigenvalue weighted by Crippen LogP contribution is -2.51. The summed E-state index contributed by atoms with van der Waals surface area (Å²) in [6.45, 7) is 4.09. The number of benzene rings is 1. The van der Waals surface area contributed by atoms with Gasteiger partial charge in [0.2, 0.25) is 0 Å². The zero-order valence-electron chi connectivity index (χ0n) is 14.2. The van der Waals surface area contributed by atoms with Crippen molar-refractivity contribution in [3.8, 4) is 5.75 Å². The highest BCUT2D eigenvalue weighted by molar-refractivity contribution is 5.45. The molecule has 5 nitrogen and oxygen atoms in total. The first-order valence-corrected chi connectivity index (χ1v) is 8.76. The van der Waals surface area contributed by atoms with Crippen LogP contribution in [0.2, 0.25) is 0 Å². The fourth-order valence-corrected chi connectivity index (χ4v) is 3.52. The summed E-state index contributed by atoms with van der Waals surface area (Å²) < 4.78 is 5.18. The molecule has 2 aliphatic rings. The predicted molar refractivity (Wildman–Crippen MR) is 94.5 cm³/mol. The number of hydrogen-bond acceptors (Lipinski definition) is 5. The summed E-state index contributed by atoms with van der Waals surface area (Å²) in [6, 6.07) is 10.5. The third-order valence-electron chi connectivity index (χ3n) is 5.01. The van der Waals surface area contributed by atoms with E-state index < -0.39 is 0 Å². The van der Waals surface area contributed by atoms with Crippen LogP contribution in [0.15, 0.2) is 30.3 Å².